The van der Waals surface area contributed by atoms with Crippen LogP contribution in [0.2, 0.25) is 0 Å². The molecule has 152 valence electrons. The lowest BCUT2D eigenvalue weighted by atomic mass is 10.2. The van der Waals surface area contributed by atoms with Crippen LogP contribution in [0, 0.1) is 11.3 Å². The van der Waals surface area contributed by atoms with E-state index in [0.29, 0.717) is 41.6 Å². The van der Waals surface area contributed by atoms with Gasteiger partial charge >= 0.3 is 0 Å². The Hall–Kier alpha value is -3.73. The fourth-order valence-electron chi connectivity index (χ4n) is 2.35. The van der Waals surface area contributed by atoms with E-state index in [2.05, 4.69) is 10.9 Å². The van der Waals surface area contributed by atoms with Crippen LogP contribution in [-0.4, -0.2) is 31.1 Å². The molecule has 0 fully saturated rings. The summed E-state index contributed by atoms with van der Waals surface area (Å²) in [7, 11) is 0. The fourth-order valence-corrected chi connectivity index (χ4v) is 2.35. The summed E-state index contributed by atoms with van der Waals surface area (Å²) in [5.74, 6) is 0.391. The van der Waals surface area contributed by atoms with Crippen molar-refractivity contribution in [1.29, 1.82) is 5.26 Å². The van der Waals surface area contributed by atoms with E-state index >= 15 is 0 Å². The largest absolute Gasteiger partial charge is 0.490 e. The van der Waals surface area contributed by atoms with Crippen LogP contribution < -0.4 is 25.1 Å². The van der Waals surface area contributed by atoms with Gasteiger partial charge in [-0.25, -0.2) is 0 Å². The average molecular weight is 397 g/mol. The molecule has 0 bridgehead atoms. The van der Waals surface area contributed by atoms with Crippen molar-refractivity contribution < 1.29 is 23.8 Å². The van der Waals surface area contributed by atoms with Gasteiger partial charge < -0.3 is 14.2 Å². The van der Waals surface area contributed by atoms with Gasteiger partial charge in [0.05, 0.1) is 24.8 Å². The first-order chi connectivity index (χ1) is 14.0. The molecule has 8 nitrogen and oxygen atoms in total. The smallest absolute Gasteiger partial charge is 0.279 e. The summed E-state index contributed by atoms with van der Waals surface area (Å²) >= 11 is 0. The molecule has 2 aromatic rings. The lowest BCUT2D eigenvalue weighted by molar-refractivity contribution is -0.128. The maximum absolute atomic E-state index is 12.3. The summed E-state index contributed by atoms with van der Waals surface area (Å²) < 4.78 is 16.5. The van der Waals surface area contributed by atoms with Crippen molar-refractivity contribution in [3.05, 3.63) is 53.6 Å². The summed E-state index contributed by atoms with van der Waals surface area (Å²) in [5, 5.41) is 8.79. The Kier molecular flexibility index (Phi) is 7.86. The van der Waals surface area contributed by atoms with E-state index in [0.717, 1.165) is 0 Å². The number of nitrogens with one attached hydrogen (secondary N) is 2. The zero-order valence-electron chi connectivity index (χ0n) is 16.5. The number of rotatable bonds is 8. The quantitative estimate of drug-likeness (QED) is 0.663. The van der Waals surface area contributed by atoms with E-state index in [1.165, 1.54) is 0 Å². The zero-order chi connectivity index (χ0) is 21.2. The van der Waals surface area contributed by atoms with Crippen molar-refractivity contribution in [2.24, 2.45) is 0 Å². The molecule has 2 N–H and O–H groups in total. The minimum Gasteiger partial charge on any atom is -0.490 e. The van der Waals surface area contributed by atoms with Crippen LogP contribution in [0.5, 0.6) is 17.2 Å². The molecule has 0 spiro atoms. The van der Waals surface area contributed by atoms with Crippen LogP contribution in [0.15, 0.2) is 42.5 Å². The standard InChI is InChI=1S/C21H23N3O5/c1-4-27-18-11-8-16(12-19(18)28-5-2)21(26)24-23-20(25)14(3)29-17-9-6-15(13-22)7-10-17/h6-12,14H,4-5H2,1-3H3,(H,23,25)(H,24,26). The number of ether oxygens (including phenoxy) is 3. The molecule has 1 unspecified atom stereocenters. The zero-order valence-corrected chi connectivity index (χ0v) is 16.5. The molecule has 2 rings (SSSR count). The Morgan fingerprint density at radius 3 is 2.28 bits per heavy atom. The van der Waals surface area contributed by atoms with E-state index in [1.807, 2.05) is 19.9 Å². The summed E-state index contributed by atoms with van der Waals surface area (Å²) in [5.41, 5.74) is 5.47. The molecule has 0 aliphatic rings. The predicted molar refractivity (Wildman–Crippen MR) is 106 cm³/mol. The van der Waals surface area contributed by atoms with Crippen LogP contribution in [0.25, 0.3) is 0 Å². The molecule has 8 heteroatoms. The van der Waals surface area contributed by atoms with Crippen LogP contribution in [-0.2, 0) is 4.79 Å². The van der Waals surface area contributed by atoms with Crippen molar-refractivity contribution >= 4 is 11.8 Å². The van der Waals surface area contributed by atoms with E-state index in [9.17, 15) is 9.59 Å². The maximum Gasteiger partial charge on any atom is 0.279 e. The Bertz CT molecular complexity index is 890. The summed E-state index contributed by atoms with van der Waals surface area (Å²) in [6.07, 6.45) is -0.859. The molecule has 0 aliphatic heterocycles. The molecule has 2 amide bonds. The Morgan fingerprint density at radius 2 is 1.66 bits per heavy atom. The van der Waals surface area contributed by atoms with E-state index in [-0.39, 0.29) is 0 Å². The third kappa shape index (κ3) is 6.14. The van der Waals surface area contributed by atoms with Gasteiger partial charge in [-0.3, -0.25) is 20.4 Å². The number of carbonyl (C=O) groups is 2. The van der Waals surface area contributed by atoms with Crippen LogP contribution >= 0.6 is 0 Å². The maximum atomic E-state index is 12.3. The molecule has 0 saturated heterocycles. The highest BCUT2D eigenvalue weighted by Crippen LogP contribution is 2.28. The van der Waals surface area contributed by atoms with Crippen molar-refractivity contribution in [3.63, 3.8) is 0 Å². The van der Waals surface area contributed by atoms with Gasteiger partial charge in [-0.2, -0.15) is 5.26 Å². The van der Waals surface area contributed by atoms with Crippen molar-refractivity contribution in [2.75, 3.05) is 13.2 Å². The van der Waals surface area contributed by atoms with Gasteiger partial charge in [0.15, 0.2) is 17.6 Å². The Morgan fingerprint density at radius 1 is 1.00 bits per heavy atom. The van der Waals surface area contributed by atoms with Gasteiger partial charge in [-0.15, -0.1) is 0 Å². The van der Waals surface area contributed by atoms with Crippen LogP contribution in [0.1, 0.15) is 36.7 Å². The summed E-state index contributed by atoms with van der Waals surface area (Å²) in [4.78, 5) is 24.5. The fraction of sp³-hybridized carbons (Fsp3) is 0.286. The van der Waals surface area contributed by atoms with Crippen molar-refractivity contribution in [3.8, 4) is 23.3 Å². The minimum absolute atomic E-state index is 0.304. The van der Waals surface area contributed by atoms with E-state index in [4.69, 9.17) is 19.5 Å². The first-order valence-electron chi connectivity index (χ1n) is 9.15. The number of nitrogens with zero attached hydrogens (tertiary/aromatic N) is 1. The first kappa shape index (κ1) is 21.6. The molecular weight excluding hydrogens is 374 g/mol. The minimum atomic E-state index is -0.859. The second-order valence-electron chi connectivity index (χ2n) is 5.87. The number of benzene rings is 2. The summed E-state index contributed by atoms with van der Waals surface area (Å²) in [6, 6.07) is 13.1. The number of hydrogen-bond donors (Lipinski definition) is 2. The lowest BCUT2D eigenvalue weighted by Crippen LogP contribution is -2.47. The summed E-state index contributed by atoms with van der Waals surface area (Å²) in [6.45, 7) is 6.12. The van der Waals surface area contributed by atoms with Gasteiger partial charge in [0.1, 0.15) is 5.75 Å². The molecule has 0 aromatic heterocycles. The predicted octanol–water partition coefficient (Wildman–Crippen LogP) is 2.58. The number of hydrogen-bond acceptors (Lipinski definition) is 6. The number of amides is 2. The molecule has 0 saturated carbocycles. The van der Waals surface area contributed by atoms with E-state index in [1.54, 1.807) is 49.4 Å². The van der Waals surface area contributed by atoms with Gasteiger partial charge in [-0.1, -0.05) is 0 Å². The Balaban J connectivity index is 1.94. The topological polar surface area (TPSA) is 110 Å². The number of hydrazine groups is 1. The number of nitriles is 1. The average Bonchev–Trinajstić information content (AvgIpc) is 2.73. The Labute approximate surface area is 169 Å². The SMILES string of the molecule is CCOc1ccc(C(=O)NNC(=O)C(C)Oc2ccc(C#N)cc2)cc1OCC. The van der Waals surface area contributed by atoms with Gasteiger partial charge in [0.25, 0.3) is 11.8 Å². The molecule has 0 heterocycles. The molecule has 1 atom stereocenters. The third-order valence-electron chi connectivity index (χ3n) is 3.77. The van der Waals surface area contributed by atoms with Crippen LogP contribution in [0.4, 0.5) is 0 Å². The van der Waals surface area contributed by atoms with Crippen LogP contribution in [0.3, 0.4) is 0 Å². The lowest BCUT2D eigenvalue weighted by Gasteiger charge is -2.16. The van der Waals surface area contributed by atoms with Crippen molar-refractivity contribution in [1.82, 2.24) is 10.9 Å². The van der Waals surface area contributed by atoms with Gasteiger partial charge in [0, 0.05) is 5.56 Å². The van der Waals surface area contributed by atoms with Crippen molar-refractivity contribution in [2.45, 2.75) is 26.9 Å². The molecule has 29 heavy (non-hydrogen) atoms. The molecule has 2 aromatic carbocycles. The highest BCUT2D eigenvalue weighted by Gasteiger charge is 2.17. The highest BCUT2D eigenvalue weighted by atomic mass is 16.5. The van der Waals surface area contributed by atoms with Gasteiger partial charge in [0.2, 0.25) is 0 Å². The third-order valence-corrected chi connectivity index (χ3v) is 3.77. The highest BCUT2D eigenvalue weighted by molar-refractivity contribution is 5.96. The second-order valence-corrected chi connectivity index (χ2v) is 5.87. The molecular formula is C21H23N3O5. The normalized spacial score (nSPS) is 11.0. The first-order valence-corrected chi connectivity index (χ1v) is 9.15. The van der Waals surface area contributed by atoms with E-state index < -0.39 is 17.9 Å². The monoisotopic (exact) mass is 397 g/mol. The number of carbonyl (C=O) groups excluding carboxylic acids is 2. The second kappa shape index (κ2) is 10.6. The molecule has 0 radical (unpaired) electrons. The molecule has 0 aliphatic carbocycles. The van der Waals surface area contributed by atoms with Gasteiger partial charge in [-0.05, 0) is 63.2 Å².